The fraction of sp³-hybridized carbons (Fsp3) is 0.370. The number of carboxylic acid groups (broad SMARTS) is 1. The van der Waals surface area contributed by atoms with E-state index in [2.05, 4.69) is 16.0 Å². The lowest BCUT2D eigenvalue weighted by atomic mass is 10.0. The van der Waals surface area contributed by atoms with Crippen LogP contribution in [-0.4, -0.2) is 76.0 Å². The zero-order valence-corrected chi connectivity index (χ0v) is 22.9. The van der Waals surface area contributed by atoms with Crippen LogP contribution in [0.1, 0.15) is 24.0 Å². The number of carbonyl (C=O) groups excluding carboxylic acids is 4. The first kappa shape index (κ1) is 32.1. The Balaban J connectivity index is 2.22. The first-order chi connectivity index (χ1) is 19.0. The number of nitrogens with one attached hydrogen (secondary N) is 3. The molecular weight excluding hydrogens is 538 g/mol. The van der Waals surface area contributed by atoms with E-state index in [-0.39, 0.29) is 25.0 Å². The third-order valence-corrected chi connectivity index (χ3v) is 6.55. The highest BCUT2D eigenvalue weighted by Gasteiger charge is 2.31. The molecule has 4 atom stereocenters. The van der Waals surface area contributed by atoms with Crippen LogP contribution in [0.2, 0.25) is 0 Å². The predicted octanol–water partition coefficient (Wildman–Crippen LogP) is -0.328. The topological polar surface area (TPSA) is 214 Å². The number of amides is 4. The number of nitrogens with two attached hydrogens (primary N) is 2. The number of phenols is 1. The molecule has 0 bridgehead atoms. The molecule has 0 heterocycles. The van der Waals surface area contributed by atoms with Crippen molar-refractivity contribution in [3.8, 4) is 5.75 Å². The standard InChI is InChI=1S/C27H35N5O7S/c1-40-12-11-20(27(38)39)30-25(36)21(14-17-7-9-18(33)10-8-17)32-26(37)22(15-23(29)34)31-24(35)19(28)13-16-5-3-2-4-6-16/h2-10,19-22,33H,11-15,28H2,1H3,(H2,29,34)(H,30,36)(H,31,35)(H,32,37)(H,38,39). The van der Waals surface area contributed by atoms with E-state index in [1.54, 1.807) is 30.5 Å². The van der Waals surface area contributed by atoms with E-state index < -0.39 is 60.2 Å². The first-order valence-electron chi connectivity index (χ1n) is 12.5. The number of hydrogen-bond acceptors (Lipinski definition) is 8. The zero-order valence-electron chi connectivity index (χ0n) is 22.0. The lowest BCUT2D eigenvalue weighted by Gasteiger charge is -2.25. The Labute approximate surface area is 236 Å². The zero-order chi connectivity index (χ0) is 29.7. The van der Waals surface area contributed by atoms with Gasteiger partial charge in [-0.3, -0.25) is 19.2 Å². The maximum Gasteiger partial charge on any atom is 0.326 e. The van der Waals surface area contributed by atoms with Crippen molar-refractivity contribution in [2.45, 2.75) is 49.9 Å². The van der Waals surface area contributed by atoms with Crippen molar-refractivity contribution in [2.24, 2.45) is 11.5 Å². The second-order valence-electron chi connectivity index (χ2n) is 9.14. The molecule has 0 spiro atoms. The summed E-state index contributed by atoms with van der Waals surface area (Å²) in [4.78, 5) is 62.5. The fourth-order valence-electron chi connectivity index (χ4n) is 3.76. The molecule has 4 amide bonds. The van der Waals surface area contributed by atoms with Gasteiger partial charge >= 0.3 is 5.97 Å². The number of rotatable bonds is 16. The number of carbonyl (C=O) groups is 5. The Kier molecular flexibility index (Phi) is 12.9. The highest BCUT2D eigenvalue weighted by atomic mass is 32.2. The Morgan fingerprint density at radius 2 is 1.35 bits per heavy atom. The summed E-state index contributed by atoms with van der Waals surface area (Å²) in [5.74, 6) is -4.00. The molecule has 9 N–H and O–H groups in total. The molecule has 4 unspecified atom stereocenters. The number of carboxylic acids is 1. The van der Waals surface area contributed by atoms with Crippen molar-refractivity contribution in [1.29, 1.82) is 0 Å². The summed E-state index contributed by atoms with van der Waals surface area (Å²) in [6.45, 7) is 0. The molecule has 0 aromatic heterocycles. The summed E-state index contributed by atoms with van der Waals surface area (Å²) < 4.78 is 0. The SMILES string of the molecule is CSCCC(NC(=O)C(Cc1ccc(O)cc1)NC(=O)C(CC(N)=O)NC(=O)C(N)Cc1ccccc1)C(=O)O. The summed E-state index contributed by atoms with van der Waals surface area (Å²) in [5, 5.41) is 26.5. The molecule has 0 radical (unpaired) electrons. The smallest absolute Gasteiger partial charge is 0.326 e. The molecule has 2 aromatic carbocycles. The van der Waals surface area contributed by atoms with Crippen LogP contribution in [0.15, 0.2) is 54.6 Å². The van der Waals surface area contributed by atoms with Gasteiger partial charge in [0.1, 0.15) is 23.9 Å². The van der Waals surface area contributed by atoms with E-state index in [1.807, 2.05) is 6.07 Å². The lowest BCUT2D eigenvalue weighted by molar-refractivity contribution is -0.142. The Morgan fingerprint density at radius 3 is 1.93 bits per heavy atom. The maximum absolute atomic E-state index is 13.2. The molecule has 0 aliphatic rings. The molecule has 2 rings (SSSR count). The van der Waals surface area contributed by atoms with Gasteiger partial charge in [0.25, 0.3) is 0 Å². The van der Waals surface area contributed by atoms with Gasteiger partial charge in [0, 0.05) is 6.42 Å². The van der Waals surface area contributed by atoms with Gasteiger partial charge in [0.05, 0.1) is 12.5 Å². The number of aromatic hydroxyl groups is 1. The van der Waals surface area contributed by atoms with E-state index >= 15 is 0 Å². The van der Waals surface area contributed by atoms with E-state index in [1.165, 1.54) is 36.0 Å². The van der Waals surface area contributed by atoms with Gasteiger partial charge in [-0.1, -0.05) is 42.5 Å². The number of benzene rings is 2. The van der Waals surface area contributed by atoms with Crippen molar-refractivity contribution in [2.75, 3.05) is 12.0 Å². The molecule has 2 aromatic rings. The largest absolute Gasteiger partial charge is 0.508 e. The van der Waals surface area contributed by atoms with E-state index in [0.29, 0.717) is 11.3 Å². The molecule has 0 aliphatic heterocycles. The van der Waals surface area contributed by atoms with E-state index in [9.17, 15) is 34.2 Å². The highest BCUT2D eigenvalue weighted by Crippen LogP contribution is 2.12. The molecule has 12 nitrogen and oxygen atoms in total. The van der Waals surface area contributed by atoms with Gasteiger partial charge in [0.15, 0.2) is 0 Å². The van der Waals surface area contributed by atoms with Crippen molar-refractivity contribution in [3.63, 3.8) is 0 Å². The predicted molar refractivity (Wildman–Crippen MR) is 150 cm³/mol. The van der Waals surface area contributed by atoms with Crippen LogP contribution in [0, 0.1) is 0 Å². The molecule has 0 saturated carbocycles. The number of aliphatic carboxylic acids is 1. The second-order valence-corrected chi connectivity index (χ2v) is 10.1. The number of thioether (sulfide) groups is 1. The second kappa shape index (κ2) is 16.1. The van der Waals surface area contributed by atoms with Crippen LogP contribution in [0.3, 0.4) is 0 Å². The molecule has 40 heavy (non-hydrogen) atoms. The Bertz CT molecular complexity index is 1160. The average Bonchev–Trinajstić information content (AvgIpc) is 2.91. The minimum absolute atomic E-state index is 0.00660. The van der Waals surface area contributed by atoms with Crippen molar-refractivity contribution in [3.05, 3.63) is 65.7 Å². The van der Waals surface area contributed by atoms with Gasteiger partial charge in [-0.2, -0.15) is 11.8 Å². The third-order valence-electron chi connectivity index (χ3n) is 5.91. The monoisotopic (exact) mass is 573 g/mol. The van der Waals surface area contributed by atoms with E-state index in [4.69, 9.17) is 11.5 Å². The molecule has 0 saturated heterocycles. The molecule has 13 heteroatoms. The molecule has 216 valence electrons. The van der Waals surface area contributed by atoms with Crippen molar-refractivity contribution in [1.82, 2.24) is 16.0 Å². The quantitative estimate of drug-likeness (QED) is 0.140. The summed E-state index contributed by atoms with van der Waals surface area (Å²) in [6.07, 6.45) is 1.50. The Hall–Kier alpha value is -4.10. The maximum atomic E-state index is 13.2. The van der Waals surface area contributed by atoms with Gasteiger partial charge in [-0.25, -0.2) is 4.79 Å². The van der Waals surface area contributed by atoms with Crippen LogP contribution < -0.4 is 27.4 Å². The summed E-state index contributed by atoms with van der Waals surface area (Å²) in [6, 6.07) is 9.89. The lowest BCUT2D eigenvalue weighted by Crippen LogP contribution is -2.58. The third kappa shape index (κ3) is 10.9. The average molecular weight is 574 g/mol. The van der Waals surface area contributed by atoms with Crippen LogP contribution in [0.4, 0.5) is 0 Å². The minimum atomic E-state index is -1.44. The van der Waals surface area contributed by atoms with Crippen LogP contribution >= 0.6 is 11.8 Å². The summed E-state index contributed by atoms with van der Waals surface area (Å²) in [7, 11) is 0. The normalized spacial score (nSPS) is 13.8. The van der Waals surface area contributed by atoms with Crippen LogP contribution in [0.25, 0.3) is 0 Å². The van der Waals surface area contributed by atoms with Crippen LogP contribution in [0.5, 0.6) is 5.75 Å². The van der Waals surface area contributed by atoms with Gasteiger partial charge in [0.2, 0.25) is 23.6 Å². The van der Waals surface area contributed by atoms with Crippen LogP contribution in [-0.2, 0) is 36.8 Å². The molecule has 0 aliphatic carbocycles. The van der Waals surface area contributed by atoms with Crippen molar-refractivity contribution >= 4 is 41.4 Å². The first-order valence-corrected chi connectivity index (χ1v) is 13.9. The van der Waals surface area contributed by atoms with E-state index in [0.717, 1.165) is 5.56 Å². The molecular formula is C27H35N5O7S. The minimum Gasteiger partial charge on any atom is -0.508 e. The molecule has 0 fully saturated rings. The number of hydrogen-bond donors (Lipinski definition) is 7. The summed E-state index contributed by atoms with van der Waals surface area (Å²) >= 11 is 1.41. The Morgan fingerprint density at radius 1 is 0.800 bits per heavy atom. The fourth-order valence-corrected chi connectivity index (χ4v) is 4.24. The summed E-state index contributed by atoms with van der Waals surface area (Å²) in [5.41, 5.74) is 12.7. The number of primary amides is 1. The van der Waals surface area contributed by atoms with Gasteiger partial charge in [-0.15, -0.1) is 0 Å². The van der Waals surface area contributed by atoms with Gasteiger partial charge < -0.3 is 37.6 Å². The van der Waals surface area contributed by atoms with Crippen molar-refractivity contribution < 1.29 is 34.2 Å². The van der Waals surface area contributed by atoms with Gasteiger partial charge in [-0.05, 0) is 48.1 Å². The highest BCUT2D eigenvalue weighted by molar-refractivity contribution is 7.98. The number of phenolic OH excluding ortho intramolecular Hbond substituents is 1.